The van der Waals surface area contributed by atoms with Crippen molar-refractivity contribution in [1.29, 1.82) is 0 Å². The molecule has 0 aliphatic carbocycles. The monoisotopic (exact) mass is 235 g/mol. The highest BCUT2D eigenvalue weighted by Gasteiger charge is 2.19. The van der Waals surface area contributed by atoms with Gasteiger partial charge in [0.25, 0.3) is 0 Å². The summed E-state index contributed by atoms with van der Waals surface area (Å²) in [5.41, 5.74) is 5.92. The van der Waals surface area contributed by atoms with Gasteiger partial charge in [-0.15, -0.1) is 11.3 Å². The molecule has 0 unspecified atom stereocenters. The van der Waals surface area contributed by atoms with Gasteiger partial charge in [-0.1, -0.05) is 27.7 Å². The van der Waals surface area contributed by atoms with Crippen molar-refractivity contribution in [2.45, 2.75) is 39.5 Å². The first-order valence-electron chi connectivity index (χ1n) is 5.48. The maximum absolute atomic E-state index is 5.98. The van der Waals surface area contributed by atoms with Crippen molar-refractivity contribution in [1.82, 2.24) is 9.97 Å². The fraction of sp³-hybridized carbons (Fsp3) is 0.500. The van der Waals surface area contributed by atoms with Crippen molar-refractivity contribution in [2.24, 2.45) is 0 Å². The summed E-state index contributed by atoms with van der Waals surface area (Å²) in [5, 5.41) is 0.995. The van der Waals surface area contributed by atoms with Gasteiger partial charge in [-0.3, -0.25) is 0 Å². The number of rotatable bonds is 1. The highest BCUT2D eigenvalue weighted by Crippen LogP contribution is 2.30. The van der Waals surface area contributed by atoms with E-state index in [9.17, 15) is 0 Å². The van der Waals surface area contributed by atoms with Gasteiger partial charge in [-0.2, -0.15) is 0 Å². The average Bonchev–Trinajstić information content (AvgIpc) is 2.59. The SMILES string of the molecule is CCc1cc2c(N)nc(C(C)(C)C)nc2s1. The second-order valence-electron chi connectivity index (χ2n) is 4.97. The molecule has 16 heavy (non-hydrogen) atoms. The molecule has 0 saturated heterocycles. The van der Waals surface area contributed by atoms with E-state index in [1.54, 1.807) is 11.3 Å². The Hall–Kier alpha value is -1.16. The van der Waals surface area contributed by atoms with Crippen LogP contribution in [0.2, 0.25) is 0 Å². The molecule has 2 aromatic rings. The summed E-state index contributed by atoms with van der Waals surface area (Å²) < 4.78 is 0. The first-order valence-corrected chi connectivity index (χ1v) is 6.30. The van der Waals surface area contributed by atoms with E-state index in [4.69, 9.17) is 5.73 Å². The molecule has 2 rings (SSSR count). The number of fused-ring (bicyclic) bond motifs is 1. The molecular weight excluding hydrogens is 218 g/mol. The van der Waals surface area contributed by atoms with Gasteiger partial charge in [0.15, 0.2) is 0 Å². The molecule has 2 heterocycles. The van der Waals surface area contributed by atoms with Crippen LogP contribution in [0, 0.1) is 0 Å². The molecule has 2 N–H and O–H groups in total. The second-order valence-corrected chi connectivity index (χ2v) is 6.08. The van der Waals surface area contributed by atoms with Gasteiger partial charge in [0.2, 0.25) is 0 Å². The van der Waals surface area contributed by atoms with E-state index >= 15 is 0 Å². The second kappa shape index (κ2) is 3.70. The van der Waals surface area contributed by atoms with E-state index in [-0.39, 0.29) is 5.41 Å². The van der Waals surface area contributed by atoms with Crippen LogP contribution < -0.4 is 5.73 Å². The van der Waals surface area contributed by atoms with Crippen LogP contribution in [0.5, 0.6) is 0 Å². The zero-order valence-electron chi connectivity index (χ0n) is 10.2. The molecule has 4 heteroatoms. The Balaban J connectivity index is 2.67. The van der Waals surface area contributed by atoms with Crippen LogP contribution >= 0.6 is 11.3 Å². The molecule has 0 aromatic carbocycles. The molecule has 0 aliphatic rings. The molecule has 0 spiro atoms. The summed E-state index contributed by atoms with van der Waals surface area (Å²) in [6, 6.07) is 2.10. The molecule has 0 saturated carbocycles. The summed E-state index contributed by atoms with van der Waals surface area (Å²) in [6.07, 6.45) is 1.02. The molecule has 0 radical (unpaired) electrons. The Bertz CT molecular complexity index is 523. The van der Waals surface area contributed by atoms with Crippen LogP contribution in [-0.2, 0) is 11.8 Å². The number of thiophene rings is 1. The van der Waals surface area contributed by atoms with Gasteiger partial charge in [0, 0.05) is 10.3 Å². The van der Waals surface area contributed by atoms with Gasteiger partial charge < -0.3 is 5.73 Å². The Labute approximate surface area is 99.7 Å². The summed E-state index contributed by atoms with van der Waals surface area (Å²) >= 11 is 1.71. The molecular formula is C12H17N3S. The summed E-state index contributed by atoms with van der Waals surface area (Å²) in [5.74, 6) is 1.42. The van der Waals surface area contributed by atoms with E-state index in [2.05, 4.69) is 43.7 Å². The molecule has 2 aromatic heterocycles. The van der Waals surface area contributed by atoms with Crippen LogP contribution in [0.3, 0.4) is 0 Å². The predicted molar refractivity (Wildman–Crippen MR) is 69.9 cm³/mol. The third kappa shape index (κ3) is 1.89. The maximum Gasteiger partial charge on any atom is 0.137 e. The van der Waals surface area contributed by atoms with Crippen LogP contribution in [0.25, 0.3) is 10.2 Å². The highest BCUT2D eigenvalue weighted by molar-refractivity contribution is 7.18. The zero-order valence-corrected chi connectivity index (χ0v) is 11.0. The molecule has 0 aliphatic heterocycles. The number of hydrogen-bond donors (Lipinski definition) is 1. The lowest BCUT2D eigenvalue weighted by Crippen LogP contribution is -2.16. The zero-order chi connectivity index (χ0) is 11.9. The lowest BCUT2D eigenvalue weighted by atomic mass is 9.96. The number of aromatic nitrogens is 2. The average molecular weight is 235 g/mol. The predicted octanol–water partition coefficient (Wildman–Crippen LogP) is 3.13. The topological polar surface area (TPSA) is 51.8 Å². The fourth-order valence-electron chi connectivity index (χ4n) is 1.50. The molecule has 0 bridgehead atoms. The van der Waals surface area contributed by atoms with E-state index in [1.165, 1.54) is 4.88 Å². The number of anilines is 1. The number of nitrogen functional groups attached to an aromatic ring is 1. The maximum atomic E-state index is 5.98. The molecule has 0 fully saturated rings. The lowest BCUT2D eigenvalue weighted by Gasteiger charge is -2.16. The Morgan fingerprint density at radius 2 is 2.00 bits per heavy atom. The first-order chi connectivity index (χ1) is 7.41. The molecule has 0 atom stereocenters. The number of nitrogens with zero attached hydrogens (tertiary/aromatic N) is 2. The minimum Gasteiger partial charge on any atom is -0.383 e. The van der Waals surface area contributed by atoms with Gasteiger partial charge in [0.05, 0.1) is 5.39 Å². The van der Waals surface area contributed by atoms with Crippen molar-refractivity contribution in [3.05, 3.63) is 16.8 Å². The molecule has 86 valence electrons. The van der Waals surface area contributed by atoms with Crippen LogP contribution in [-0.4, -0.2) is 9.97 Å². The van der Waals surface area contributed by atoms with Gasteiger partial charge in [-0.25, -0.2) is 9.97 Å². The minimum absolute atomic E-state index is 0.0569. The summed E-state index contributed by atoms with van der Waals surface area (Å²) in [4.78, 5) is 11.3. The largest absolute Gasteiger partial charge is 0.383 e. The fourth-order valence-corrected chi connectivity index (χ4v) is 2.48. The first kappa shape index (κ1) is 11.3. The van der Waals surface area contributed by atoms with Crippen molar-refractivity contribution in [3.63, 3.8) is 0 Å². The Kier molecular flexibility index (Phi) is 2.62. The van der Waals surface area contributed by atoms with Gasteiger partial charge in [0.1, 0.15) is 16.5 Å². The number of hydrogen-bond acceptors (Lipinski definition) is 4. The third-order valence-electron chi connectivity index (χ3n) is 2.49. The van der Waals surface area contributed by atoms with Crippen molar-refractivity contribution >= 4 is 27.4 Å². The smallest absolute Gasteiger partial charge is 0.137 e. The van der Waals surface area contributed by atoms with E-state index in [0.717, 1.165) is 22.5 Å². The van der Waals surface area contributed by atoms with Crippen LogP contribution in [0.15, 0.2) is 6.07 Å². The third-order valence-corrected chi connectivity index (χ3v) is 3.67. The molecule has 0 amide bonds. The summed E-state index contributed by atoms with van der Waals surface area (Å²) in [7, 11) is 0. The van der Waals surface area contributed by atoms with Crippen molar-refractivity contribution < 1.29 is 0 Å². The van der Waals surface area contributed by atoms with Crippen LogP contribution in [0.4, 0.5) is 5.82 Å². The quantitative estimate of drug-likeness (QED) is 0.826. The van der Waals surface area contributed by atoms with E-state index in [0.29, 0.717) is 5.82 Å². The van der Waals surface area contributed by atoms with E-state index < -0.39 is 0 Å². The Morgan fingerprint density at radius 3 is 2.56 bits per heavy atom. The van der Waals surface area contributed by atoms with Crippen molar-refractivity contribution in [2.75, 3.05) is 5.73 Å². The van der Waals surface area contributed by atoms with Crippen LogP contribution in [0.1, 0.15) is 38.4 Å². The number of aryl methyl sites for hydroxylation is 1. The van der Waals surface area contributed by atoms with Gasteiger partial charge >= 0.3 is 0 Å². The lowest BCUT2D eigenvalue weighted by molar-refractivity contribution is 0.550. The number of nitrogens with two attached hydrogens (primary N) is 1. The normalized spacial score (nSPS) is 12.2. The standard InChI is InChI=1S/C12H17N3S/c1-5-7-6-8-9(13)14-11(12(2,3)4)15-10(8)16-7/h6H,5H2,1-4H3,(H2,13,14,15). The van der Waals surface area contributed by atoms with E-state index in [1.807, 2.05) is 0 Å². The van der Waals surface area contributed by atoms with Gasteiger partial charge in [-0.05, 0) is 12.5 Å². The van der Waals surface area contributed by atoms with Crippen molar-refractivity contribution in [3.8, 4) is 0 Å². The highest BCUT2D eigenvalue weighted by atomic mass is 32.1. The molecule has 3 nitrogen and oxygen atoms in total. The summed E-state index contributed by atoms with van der Waals surface area (Å²) in [6.45, 7) is 8.44. The minimum atomic E-state index is -0.0569. The Morgan fingerprint density at radius 1 is 1.31 bits per heavy atom.